The minimum atomic E-state index is -0.403. The van der Waals surface area contributed by atoms with Crippen LogP contribution in [0.1, 0.15) is 49.4 Å². The van der Waals surface area contributed by atoms with E-state index >= 15 is 0 Å². The quantitative estimate of drug-likeness (QED) is 0.0775. The summed E-state index contributed by atoms with van der Waals surface area (Å²) in [5.41, 5.74) is 6.61. The maximum Gasteiger partial charge on any atom is 0.334 e. The van der Waals surface area contributed by atoms with E-state index in [0.29, 0.717) is 109 Å². The summed E-state index contributed by atoms with van der Waals surface area (Å²) in [5, 5.41) is 0.268. The van der Waals surface area contributed by atoms with Crippen LogP contribution in [-0.2, 0) is 14.4 Å². The van der Waals surface area contributed by atoms with Crippen LogP contribution in [0.25, 0.3) is 50.2 Å². The average molecular weight is 1440 g/mol. The number of nitrogens with zero attached hydrogens (tertiary/aromatic N) is 12. The molecule has 25 heteroatoms. The highest BCUT2D eigenvalue weighted by Crippen LogP contribution is 2.37. The van der Waals surface area contributed by atoms with Gasteiger partial charge in [-0.05, 0) is 178 Å². The van der Waals surface area contributed by atoms with E-state index in [-0.39, 0.29) is 57.9 Å². The molecule has 3 fully saturated rings. The number of aromatic nitrogens is 9. The molecule has 0 aliphatic carbocycles. The molecular weight excluding hydrogens is 1360 g/mol. The third-order valence-corrected chi connectivity index (χ3v) is 19.8. The van der Waals surface area contributed by atoms with Gasteiger partial charge in [0, 0.05) is 79.8 Å². The van der Waals surface area contributed by atoms with Crippen molar-refractivity contribution in [3.63, 3.8) is 0 Å². The van der Waals surface area contributed by atoms with Gasteiger partial charge < -0.3 is 33.6 Å². The lowest BCUT2D eigenvalue weighted by Crippen LogP contribution is -2.42. The summed E-state index contributed by atoms with van der Waals surface area (Å²) in [6, 6.07) is 45.3. The van der Waals surface area contributed by atoms with Crippen LogP contribution >= 0.6 is 23.4 Å². The zero-order valence-corrected chi connectivity index (χ0v) is 58.7. The summed E-state index contributed by atoms with van der Waals surface area (Å²) in [6.07, 6.45) is 17.0. The monoisotopic (exact) mass is 1430 g/mol. The second kappa shape index (κ2) is 31.1. The number of hydrogen-bond acceptors (Lipinski definition) is 14. The Bertz CT molecular complexity index is 5420. The second-order valence-electron chi connectivity index (χ2n) is 24.9. The number of hydrogen-bond donors (Lipinski definition) is 0. The summed E-state index contributed by atoms with van der Waals surface area (Å²) >= 11 is 8.19. The molecule has 0 N–H and O–H groups in total. The SMILES string of the molecule is C=CC(=O)N1CCC[C@@H](n2c(=O)n(-c3ccc(Sc4ccccc4)cc3)c3cnccc32)C1.C=CC(=O)N1CC[C@@H](n2c(=O)n(-c3ccc(Oc4cc(C)cc(F)c4)c(Cl)c3)c3cnccc32)C1.C=CC(=O)N1CC[C@@H](n2c(=O)n(-c3ccc(Oc4ccc(OC)c(OC)c4)cc3)c3cnccc32)C1. The number of amides is 3. The van der Waals surface area contributed by atoms with Gasteiger partial charge in [0.2, 0.25) is 17.7 Å². The van der Waals surface area contributed by atoms with E-state index in [9.17, 15) is 33.2 Å². The van der Waals surface area contributed by atoms with Crippen LogP contribution in [0, 0.1) is 12.7 Å². The van der Waals surface area contributed by atoms with E-state index in [4.69, 9.17) is 30.5 Å². The second-order valence-corrected chi connectivity index (χ2v) is 26.5. The molecule has 22 nitrogen and oxygen atoms in total. The van der Waals surface area contributed by atoms with Gasteiger partial charge in [-0.25, -0.2) is 18.8 Å². The fourth-order valence-corrected chi connectivity index (χ4v) is 14.7. The van der Waals surface area contributed by atoms with Gasteiger partial charge >= 0.3 is 17.1 Å². The summed E-state index contributed by atoms with van der Waals surface area (Å²) in [6.45, 7) is 15.7. The first kappa shape index (κ1) is 70.4. The molecule has 0 spiro atoms. The van der Waals surface area contributed by atoms with Crippen molar-refractivity contribution in [2.75, 3.05) is 53.5 Å². The molecule has 3 atom stereocenters. The lowest BCUT2D eigenvalue weighted by Gasteiger charge is -2.32. The van der Waals surface area contributed by atoms with Gasteiger partial charge in [0.05, 0.1) is 106 Å². The van der Waals surface area contributed by atoms with Gasteiger partial charge in [-0.1, -0.05) is 61.3 Å². The number of piperidine rings is 1. The van der Waals surface area contributed by atoms with Crippen molar-refractivity contribution in [3.05, 3.63) is 275 Å². The zero-order chi connectivity index (χ0) is 72.7. The molecule has 3 amide bonds. The Labute approximate surface area is 605 Å². The summed E-state index contributed by atoms with van der Waals surface area (Å²) in [4.78, 5) is 97.5. The number of benzene rings is 6. The number of carbonyl (C=O) groups excluding carboxylic acids is 3. The number of likely N-dealkylation sites (tertiary alicyclic amines) is 3. The van der Waals surface area contributed by atoms with Gasteiger partial charge in [0.1, 0.15) is 28.8 Å². The number of ether oxygens (including phenoxy) is 4. The molecule has 3 aliphatic rings. The minimum Gasteiger partial charge on any atom is -0.493 e. The fraction of sp³-hybridized carbons (Fsp3) is 0.203. The first-order chi connectivity index (χ1) is 50.5. The summed E-state index contributed by atoms with van der Waals surface area (Å²) in [5.74, 6) is 2.28. The van der Waals surface area contributed by atoms with Crippen molar-refractivity contribution in [1.29, 1.82) is 0 Å². The molecule has 3 saturated heterocycles. The minimum absolute atomic E-state index is 0.0887. The van der Waals surface area contributed by atoms with Gasteiger partial charge in [-0.15, -0.1) is 0 Å². The highest BCUT2D eigenvalue weighted by Gasteiger charge is 2.33. The zero-order valence-electron chi connectivity index (χ0n) is 57.2. The first-order valence-electron chi connectivity index (χ1n) is 33.6. The number of imidazole rings is 3. The molecule has 0 unspecified atom stereocenters. The molecule has 0 bridgehead atoms. The number of fused-ring (bicyclic) bond motifs is 3. The third-order valence-electron chi connectivity index (χ3n) is 18.5. The van der Waals surface area contributed by atoms with Crippen molar-refractivity contribution in [1.82, 2.24) is 57.1 Å². The predicted octanol–water partition coefficient (Wildman–Crippen LogP) is 13.7. The maximum absolute atomic E-state index is 13.7. The Morgan fingerprint density at radius 1 is 0.481 bits per heavy atom. The van der Waals surface area contributed by atoms with Crippen LogP contribution < -0.4 is 36.0 Å². The van der Waals surface area contributed by atoms with Crippen molar-refractivity contribution in [2.45, 2.75) is 60.5 Å². The van der Waals surface area contributed by atoms with E-state index < -0.39 is 5.82 Å². The summed E-state index contributed by atoms with van der Waals surface area (Å²) < 4.78 is 46.3. The van der Waals surface area contributed by atoms with E-state index in [1.807, 2.05) is 71.3 Å². The largest absolute Gasteiger partial charge is 0.493 e. The van der Waals surface area contributed by atoms with Crippen LogP contribution in [0.4, 0.5) is 4.39 Å². The Balaban J connectivity index is 0.000000139. The van der Waals surface area contributed by atoms with Gasteiger partial charge in [0.25, 0.3) is 0 Å². The summed E-state index contributed by atoms with van der Waals surface area (Å²) in [7, 11) is 3.15. The topological polar surface area (TPSA) is 217 Å². The number of methoxy groups -OCH3 is 2. The fourth-order valence-electron chi connectivity index (χ4n) is 13.6. The molecule has 3 aliphatic heterocycles. The average Bonchev–Trinajstić information content (AvgIpc) is 1.61. The molecular formula is C79H72ClFN12O10S. The van der Waals surface area contributed by atoms with Crippen molar-refractivity contribution < 1.29 is 37.7 Å². The Morgan fingerprint density at radius 2 is 0.933 bits per heavy atom. The van der Waals surface area contributed by atoms with Crippen molar-refractivity contribution in [2.24, 2.45) is 0 Å². The highest BCUT2D eigenvalue weighted by atomic mass is 35.5. The number of halogens is 2. The number of aryl methyl sites for hydroxylation is 1. The molecule has 528 valence electrons. The highest BCUT2D eigenvalue weighted by molar-refractivity contribution is 7.99. The molecule has 0 saturated carbocycles. The van der Waals surface area contributed by atoms with E-state index in [1.54, 1.807) is 168 Å². The standard InChI is InChI=1S/C27H26N4O5.C26H22ClFN4O3.C26H24N4O2S/c1-4-26(32)29-14-12-19(17-29)31-22-11-13-28-16-23(22)30(27(31)33)18-5-7-20(8-6-18)36-21-9-10-24(34-2)25(15-21)35-3;1-3-25(33)30-9-7-19(15-30)32-22-6-8-29-14-23(22)31(26(32)34)18-4-5-24(21(27)13-18)35-20-11-16(2)10-17(28)12-20;1-2-25(31)28-16-6-7-20(18-28)30-23-14-15-27-17-24(23)29(26(30)32)19-10-12-22(13-11-19)33-21-8-4-3-5-9-21/h4-11,13,15-16,19H,1,12,14,17H2,2-3H3;3-6,8,10-14,19H,1,7,9,15H2,2H3;2-5,8-15,17,20H,1,6-7,16,18H2/t2*19-;20-/m111/s1. The van der Waals surface area contributed by atoms with Crippen LogP contribution in [-0.4, -0.2) is 128 Å². The normalized spacial score (nSPS) is 15.6. The third kappa shape index (κ3) is 14.6. The van der Waals surface area contributed by atoms with Gasteiger partial charge in [-0.2, -0.15) is 0 Å². The predicted molar refractivity (Wildman–Crippen MR) is 398 cm³/mol. The number of carbonyl (C=O) groups is 3. The van der Waals surface area contributed by atoms with Crippen LogP contribution in [0.5, 0.6) is 34.5 Å². The lowest BCUT2D eigenvalue weighted by atomic mass is 10.1. The number of pyridine rings is 3. The Morgan fingerprint density at radius 3 is 1.42 bits per heavy atom. The molecule has 6 aromatic carbocycles. The van der Waals surface area contributed by atoms with Crippen molar-refractivity contribution >= 4 is 74.2 Å². The molecule has 0 radical (unpaired) electrons. The number of rotatable bonds is 17. The van der Waals surface area contributed by atoms with Gasteiger partial charge in [0.15, 0.2) is 11.5 Å². The van der Waals surface area contributed by atoms with Crippen molar-refractivity contribution in [3.8, 4) is 51.6 Å². The van der Waals surface area contributed by atoms with E-state index in [0.717, 1.165) is 51.1 Å². The Hall–Kier alpha value is -12.0. The maximum atomic E-state index is 13.7. The Kier molecular flexibility index (Phi) is 21.0. The molecule has 15 rings (SSSR count). The van der Waals surface area contributed by atoms with E-state index in [1.165, 1.54) is 35.3 Å². The van der Waals surface area contributed by atoms with Crippen LogP contribution in [0.3, 0.4) is 0 Å². The first-order valence-corrected chi connectivity index (χ1v) is 34.8. The molecule has 104 heavy (non-hydrogen) atoms. The molecule has 9 heterocycles. The van der Waals surface area contributed by atoms with Gasteiger partial charge in [-0.3, -0.25) is 56.7 Å². The molecule has 12 aromatic rings. The van der Waals surface area contributed by atoms with Crippen LogP contribution in [0.2, 0.25) is 5.02 Å². The van der Waals surface area contributed by atoms with Crippen LogP contribution in [0.15, 0.2) is 251 Å². The lowest BCUT2D eigenvalue weighted by molar-refractivity contribution is -0.127. The smallest absolute Gasteiger partial charge is 0.334 e. The van der Waals surface area contributed by atoms with E-state index in [2.05, 4.69) is 46.8 Å². The molecule has 6 aromatic heterocycles.